The maximum Gasteiger partial charge on any atom is 0.419 e. The molecule has 1 fully saturated rings. The van der Waals surface area contributed by atoms with Gasteiger partial charge >= 0.3 is 16.3 Å². The zero-order chi connectivity index (χ0) is 11.3. The second-order valence-electron chi connectivity index (χ2n) is 3.76. The standard InChI is InChI=1S/C8H16N2O4S/c11-8(12)10-15(13,14)9-6-7-4-2-1-3-5-7/h7,9-10H,1-6H2,(H,11,12). The normalized spacial score (nSPS) is 18.7. The number of rotatable bonds is 4. The first-order chi connectivity index (χ1) is 6.99. The van der Waals surface area contributed by atoms with E-state index in [0.717, 1.165) is 25.7 Å². The van der Waals surface area contributed by atoms with Gasteiger partial charge in [0.1, 0.15) is 0 Å². The van der Waals surface area contributed by atoms with Gasteiger partial charge in [-0.25, -0.2) is 9.52 Å². The van der Waals surface area contributed by atoms with E-state index in [1.54, 1.807) is 0 Å². The van der Waals surface area contributed by atoms with E-state index in [0.29, 0.717) is 12.5 Å². The van der Waals surface area contributed by atoms with Gasteiger partial charge in [-0.1, -0.05) is 19.3 Å². The quantitative estimate of drug-likeness (QED) is 0.668. The van der Waals surface area contributed by atoms with Gasteiger partial charge in [-0.15, -0.1) is 0 Å². The smallest absolute Gasteiger partial charge is 0.419 e. The van der Waals surface area contributed by atoms with Crippen LogP contribution in [-0.2, 0) is 10.2 Å². The fourth-order valence-corrected chi connectivity index (χ4v) is 2.53. The molecule has 0 heterocycles. The maximum atomic E-state index is 11.1. The van der Waals surface area contributed by atoms with Crippen LogP contribution in [0.15, 0.2) is 0 Å². The highest BCUT2D eigenvalue weighted by Gasteiger charge is 2.18. The lowest BCUT2D eigenvalue weighted by molar-refractivity contribution is 0.201. The van der Waals surface area contributed by atoms with Gasteiger partial charge in [0, 0.05) is 6.54 Å². The topological polar surface area (TPSA) is 95.5 Å². The van der Waals surface area contributed by atoms with Crippen LogP contribution in [0.4, 0.5) is 4.79 Å². The SMILES string of the molecule is O=C(O)NS(=O)(=O)NCC1CCCCC1. The molecule has 1 rings (SSSR count). The van der Waals surface area contributed by atoms with Gasteiger partial charge in [-0.2, -0.15) is 13.1 Å². The summed E-state index contributed by atoms with van der Waals surface area (Å²) in [7, 11) is -3.88. The molecule has 15 heavy (non-hydrogen) atoms. The van der Waals surface area contributed by atoms with E-state index in [1.807, 2.05) is 0 Å². The maximum absolute atomic E-state index is 11.1. The Bertz CT molecular complexity index is 309. The molecular weight excluding hydrogens is 220 g/mol. The number of hydrogen-bond acceptors (Lipinski definition) is 3. The van der Waals surface area contributed by atoms with E-state index in [2.05, 4.69) is 4.72 Å². The predicted octanol–water partition coefficient (Wildman–Crippen LogP) is 0.669. The molecule has 0 aliphatic heterocycles. The number of carboxylic acid groups (broad SMARTS) is 1. The average molecular weight is 236 g/mol. The lowest BCUT2D eigenvalue weighted by Crippen LogP contribution is -2.41. The van der Waals surface area contributed by atoms with Crippen LogP contribution in [0, 0.1) is 5.92 Å². The highest BCUT2D eigenvalue weighted by molar-refractivity contribution is 7.88. The summed E-state index contributed by atoms with van der Waals surface area (Å²) in [6.45, 7) is 0.322. The number of amides is 1. The summed E-state index contributed by atoms with van der Waals surface area (Å²) < 4.78 is 25.8. The minimum Gasteiger partial charge on any atom is -0.464 e. The predicted molar refractivity (Wildman–Crippen MR) is 54.7 cm³/mol. The Morgan fingerprint density at radius 1 is 1.27 bits per heavy atom. The third kappa shape index (κ3) is 4.98. The van der Waals surface area contributed by atoms with Crippen molar-refractivity contribution in [2.45, 2.75) is 32.1 Å². The van der Waals surface area contributed by atoms with Gasteiger partial charge in [-0.05, 0) is 18.8 Å². The molecule has 0 bridgehead atoms. The molecule has 0 saturated heterocycles. The third-order valence-corrected chi connectivity index (χ3v) is 3.50. The van der Waals surface area contributed by atoms with Crippen LogP contribution in [0.2, 0.25) is 0 Å². The van der Waals surface area contributed by atoms with Crippen molar-refractivity contribution >= 4 is 16.3 Å². The summed E-state index contributed by atoms with van der Waals surface area (Å²) in [6.07, 6.45) is 3.91. The van der Waals surface area contributed by atoms with E-state index >= 15 is 0 Å². The van der Waals surface area contributed by atoms with Crippen molar-refractivity contribution in [1.29, 1.82) is 0 Å². The minimum atomic E-state index is -3.88. The van der Waals surface area contributed by atoms with Crippen LogP contribution in [-0.4, -0.2) is 26.2 Å². The molecule has 88 valence electrons. The van der Waals surface area contributed by atoms with Crippen molar-refractivity contribution in [3.63, 3.8) is 0 Å². The summed E-state index contributed by atoms with van der Waals surface area (Å²) in [5, 5.41) is 8.26. The molecule has 1 aliphatic carbocycles. The second-order valence-corrected chi connectivity index (χ2v) is 5.26. The summed E-state index contributed by atoms with van der Waals surface area (Å²) in [6, 6.07) is 0. The van der Waals surface area contributed by atoms with Crippen molar-refractivity contribution in [1.82, 2.24) is 9.44 Å². The molecule has 0 aromatic rings. The lowest BCUT2D eigenvalue weighted by atomic mass is 9.90. The van der Waals surface area contributed by atoms with Crippen LogP contribution in [0.5, 0.6) is 0 Å². The Labute approximate surface area is 89.2 Å². The molecule has 0 radical (unpaired) electrons. The Balaban J connectivity index is 2.31. The molecular formula is C8H16N2O4S. The van der Waals surface area contributed by atoms with Gasteiger partial charge in [0.15, 0.2) is 0 Å². The van der Waals surface area contributed by atoms with Crippen molar-refractivity contribution in [3.8, 4) is 0 Å². The second kappa shape index (κ2) is 5.32. The molecule has 1 saturated carbocycles. The van der Waals surface area contributed by atoms with Crippen molar-refractivity contribution in [2.75, 3.05) is 6.54 Å². The third-order valence-electron chi connectivity index (χ3n) is 2.51. The van der Waals surface area contributed by atoms with E-state index in [9.17, 15) is 13.2 Å². The summed E-state index contributed by atoms with van der Waals surface area (Å²) in [4.78, 5) is 10.1. The molecule has 0 aromatic carbocycles. The van der Waals surface area contributed by atoms with Gasteiger partial charge in [0.2, 0.25) is 0 Å². The Hall–Kier alpha value is -0.820. The molecule has 0 atom stereocenters. The van der Waals surface area contributed by atoms with Crippen LogP contribution >= 0.6 is 0 Å². The molecule has 0 aromatic heterocycles. The van der Waals surface area contributed by atoms with Gasteiger partial charge in [0.05, 0.1) is 0 Å². The van der Waals surface area contributed by atoms with E-state index < -0.39 is 16.3 Å². The van der Waals surface area contributed by atoms with Crippen LogP contribution in [0.1, 0.15) is 32.1 Å². The highest BCUT2D eigenvalue weighted by atomic mass is 32.2. The molecule has 7 heteroatoms. The minimum absolute atomic E-state index is 0.322. The molecule has 0 unspecified atom stereocenters. The molecule has 1 amide bonds. The van der Waals surface area contributed by atoms with E-state index in [1.165, 1.54) is 11.1 Å². The zero-order valence-electron chi connectivity index (χ0n) is 8.40. The summed E-state index contributed by atoms with van der Waals surface area (Å²) in [5.41, 5.74) is 0. The monoisotopic (exact) mass is 236 g/mol. The Kier molecular flexibility index (Phi) is 4.34. The lowest BCUT2D eigenvalue weighted by Gasteiger charge is -2.21. The van der Waals surface area contributed by atoms with Crippen molar-refractivity contribution < 1.29 is 18.3 Å². The molecule has 6 nitrogen and oxygen atoms in total. The molecule has 1 aliphatic rings. The number of carbonyl (C=O) groups is 1. The highest BCUT2D eigenvalue weighted by Crippen LogP contribution is 2.22. The first-order valence-corrected chi connectivity index (χ1v) is 6.48. The Morgan fingerprint density at radius 2 is 1.87 bits per heavy atom. The zero-order valence-corrected chi connectivity index (χ0v) is 9.22. The largest absolute Gasteiger partial charge is 0.464 e. The Morgan fingerprint density at radius 3 is 2.40 bits per heavy atom. The number of nitrogens with one attached hydrogen (secondary N) is 2. The van der Waals surface area contributed by atoms with Crippen LogP contribution in [0.3, 0.4) is 0 Å². The fourth-order valence-electron chi connectivity index (χ4n) is 1.77. The van der Waals surface area contributed by atoms with Crippen molar-refractivity contribution in [3.05, 3.63) is 0 Å². The average Bonchev–Trinajstić information content (AvgIpc) is 2.15. The first-order valence-electron chi connectivity index (χ1n) is 5.00. The summed E-state index contributed by atoms with van der Waals surface area (Å²) >= 11 is 0. The van der Waals surface area contributed by atoms with Gasteiger partial charge in [0.25, 0.3) is 0 Å². The van der Waals surface area contributed by atoms with Crippen LogP contribution in [0.25, 0.3) is 0 Å². The first kappa shape index (κ1) is 12.3. The van der Waals surface area contributed by atoms with Gasteiger partial charge < -0.3 is 5.11 Å². The molecule has 0 spiro atoms. The van der Waals surface area contributed by atoms with Gasteiger partial charge in [-0.3, -0.25) is 0 Å². The van der Waals surface area contributed by atoms with E-state index in [4.69, 9.17) is 5.11 Å². The van der Waals surface area contributed by atoms with Crippen LogP contribution < -0.4 is 9.44 Å². The van der Waals surface area contributed by atoms with Crippen molar-refractivity contribution in [2.24, 2.45) is 5.92 Å². The van der Waals surface area contributed by atoms with E-state index in [-0.39, 0.29) is 0 Å². The fraction of sp³-hybridized carbons (Fsp3) is 0.875. The number of hydrogen-bond donors (Lipinski definition) is 3. The molecule has 3 N–H and O–H groups in total. The summed E-state index contributed by atoms with van der Waals surface area (Å²) in [5.74, 6) is 0.337.